The Labute approximate surface area is 165 Å². The van der Waals surface area contributed by atoms with Crippen molar-refractivity contribution in [2.75, 3.05) is 39.4 Å². The van der Waals surface area contributed by atoms with Gasteiger partial charge in [-0.2, -0.15) is 0 Å². The van der Waals surface area contributed by atoms with Crippen LogP contribution in [0.4, 0.5) is 4.79 Å². The van der Waals surface area contributed by atoms with E-state index in [2.05, 4.69) is 37.9 Å². The summed E-state index contributed by atoms with van der Waals surface area (Å²) in [5, 5.41) is 0. The number of imide groups is 2. The van der Waals surface area contributed by atoms with E-state index in [1.165, 1.54) is 4.88 Å². The summed E-state index contributed by atoms with van der Waals surface area (Å²) in [5.74, 6) is -1.39. The largest absolute Gasteiger partial charge is 0.335 e. The summed E-state index contributed by atoms with van der Waals surface area (Å²) in [4.78, 5) is 44.4. The first kappa shape index (κ1) is 19.5. The van der Waals surface area contributed by atoms with Crippen molar-refractivity contribution in [1.29, 1.82) is 0 Å². The van der Waals surface area contributed by atoms with Gasteiger partial charge >= 0.3 is 17.8 Å². The first-order chi connectivity index (χ1) is 12.5. The molecule has 0 N–H and O–H groups in total. The van der Waals surface area contributed by atoms with Gasteiger partial charge in [0.05, 0.1) is 10.5 Å². The van der Waals surface area contributed by atoms with Crippen molar-refractivity contribution in [2.24, 2.45) is 0 Å². The Hall–Kier alpha value is -1.29. The van der Waals surface area contributed by atoms with E-state index in [0.717, 1.165) is 59.2 Å². The number of hydrogen-bond acceptors (Lipinski definition) is 6. The van der Waals surface area contributed by atoms with Crippen molar-refractivity contribution < 1.29 is 14.4 Å². The van der Waals surface area contributed by atoms with Crippen molar-refractivity contribution >= 4 is 45.1 Å². The third kappa shape index (κ3) is 4.33. The molecule has 26 heavy (non-hydrogen) atoms. The normalized spacial score (nSPS) is 19.8. The lowest BCUT2D eigenvalue weighted by Gasteiger charge is -2.35. The smallest absolute Gasteiger partial charge is 0.296 e. The third-order valence-corrected chi connectivity index (χ3v) is 6.29. The highest BCUT2D eigenvalue weighted by molar-refractivity contribution is 9.11. The van der Waals surface area contributed by atoms with Gasteiger partial charge in [0.15, 0.2) is 0 Å². The van der Waals surface area contributed by atoms with E-state index in [9.17, 15) is 14.4 Å². The lowest BCUT2D eigenvalue weighted by atomic mass is 10.3. The molecule has 4 amide bonds. The fourth-order valence-electron chi connectivity index (χ4n) is 3.13. The molecule has 9 heteroatoms. The van der Waals surface area contributed by atoms with Crippen LogP contribution in [0, 0.1) is 0 Å². The van der Waals surface area contributed by atoms with Crippen LogP contribution in [0.15, 0.2) is 15.9 Å². The molecule has 2 aliphatic rings. The second-order valence-electron chi connectivity index (χ2n) is 6.57. The van der Waals surface area contributed by atoms with E-state index in [1.807, 2.05) is 6.92 Å². The number of urea groups is 1. The van der Waals surface area contributed by atoms with Crippen LogP contribution in [0.3, 0.4) is 0 Å². The maximum absolute atomic E-state index is 12.4. The quantitative estimate of drug-likeness (QED) is 0.478. The summed E-state index contributed by atoms with van der Waals surface area (Å²) in [5.41, 5.74) is 0. The highest BCUT2D eigenvalue weighted by Gasteiger charge is 2.44. The number of halogens is 1. The van der Waals surface area contributed by atoms with E-state index in [-0.39, 0.29) is 6.67 Å². The molecule has 142 valence electrons. The van der Waals surface area contributed by atoms with E-state index in [4.69, 9.17) is 0 Å². The van der Waals surface area contributed by atoms with Crippen LogP contribution < -0.4 is 0 Å². The van der Waals surface area contributed by atoms with E-state index < -0.39 is 17.8 Å². The Morgan fingerprint density at radius 2 is 1.65 bits per heavy atom. The summed E-state index contributed by atoms with van der Waals surface area (Å²) in [6.45, 7) is 6.71. The number of thiophene rings is 1. The molecule has 3 rings (SSSR count). The van der Waals surface area contributed by atoms with E-state index in [0.29, 0.717) is 6.54 Å². The molecule has 0 aliphatic carbocycles. The molecule has 2 fully saturated rings. The van der Waals surface area contributed by atoms with Crippen LogP contribution in [-0.2, 0) is 16.1 Å². The average Bonchev–Trinajstić information content (AvgIpc) is 3.12. The first-order valence-corrected chi connectivity index (χ1v) is 10.5. The number of unbranched alkanes of at least 4 members (excludes halogenated alkanes) is 1. The maximum Gasteiger partial charge on any atom is 0.335 e. The van der Waals surface area contributed by atoms with Crippen molar-refractivity contribution in [2.45, 2.75) is 26.3 Å². The molecule has 3 heterocycles. The Morgan fingerprint density at radius 1 is 1.00 bits per heavy atom. The predicted molar refractivity (Wildman–Crippen MR) is 103 cm³/mol. The van der Waals surface area contributed by atoms with E-state index in [1.54, 1.807) is 11.3 Å². The Bertz CT molecular complexity index is 687. The molecule has 0 radical (unpaired) electrons. The molecule has 0 unspecified atom stereocenters. The van der Waals surface area contributed by atoms with Crippen molar-refractivity contribution in [1.82, 2.24) is 19.6 Å². The van der Waals surface area contributed by atoms with Crippen molar-refractivity contribution in [3.63, 3.8) is 0 Å². The van der Waals surface area contributed by atoms with Crippen LogP contribution in [0.2, 0.25) is 0 Å². The van der Waals surface area contributed by atoms with Gasteiger partial charge in [0.1, 0.15) is 0 Å². The zero-order chi connectivity index (χ0) is 18.7. The van der Waals surface area contributed by atoms with Crippen LogP contribution in [0.5, 0.6) is 0 Å². The zero-order valence-corrected chi connectivity index (χ0v) is 17.2. The molecule has 2 aliphatic heterocycles. The Morgan fingerprint density at radius 3 is 2.27 bits per heavy atom. The van der Waals surface area contributed by atoms with Crippen LogP contribution >= 0.6 is 27.3 Å². The standard InChI is InChI=1S/C17H23BrN4O3S/c1-2-3-6-21-15(23)16(24)22(17(21)25)12-20-9-7-19(8-10-20)11-13-4-5-14(18)26-13/h4-5H,2-3,6-12H2,1H3. The van der Waals surface area contributed by atoms with E-state index >= 15 is 0 Å². The Kier molecular flexibility index (Phi) is 6.44. The number of nitrogens with zero attached hydrogens (tertiary/aromatic N) is 4. The Balaban J connectivity index is 1.50. The van der Waals surface area contributed by atoms with Gasteiger partial charge in [-0.15, -0.1) is 11.3 Å². The summed E-state index contributed by atoms with van der Waals surface area (Å²) in [7, 11) is 0. The highest BCUT2D eigenvalue weighted by Crippen LogP contribution is 2.23. The maximum atomic E-state index is 12.4. The summed E-state index contributed by atoms with van der Waals surface area (Å²) >= 11 is 5.22. The third-order valence-electron chi connectivity index (χ3n) is 4.68. The van der Waals surface area contributed by atoms with Crippen LogP contribution in [0.1, 0.15) is 24.6 Å². The molecule has 0 bridgehead atoms. The molecule has 0 saturated carbocycles. The average molecular weight is 443 g/mol. The number of rotatable bonds is 7. The monoisotopic (exact) mass is 442 g/mol. The predicted octanol–water partition coefficient (Wildman–Crippen LogP) is 2.18. The molecule has 2 saturated heterocycles. The molecule has 1 aromatic rings. The number of piperazine rings is 1. The summed E-state index contributed by atoms with van der Waals surface area (Å²) < 4.78 is 1.13. The van der Waals surface area contributed by atoms with Crippen molar-refractivity contribution in [3.8, 4) is 0 Å². The number of carbonyl (C=O) groups is 3. The second kappa shape index (κ2) is 8.60. The molecular weight excluding hydrogens is 420 g/mol. The first-order valence-electron chi connectivity index (χ1n) is 8.86. The lowest BCUT2D eigenvalue weighted by Crippen LogP contribution is -2.51. The van der Waals surface area contributed by atoms with Crippen molar-refractivity contribution in [3.05, 3.63) is 20.8 Å². The van der Waals surface area contributed by atoms with Gasteiger partial charge in [-0.25, -0.2) is 9.69 Å². The van der Waals surface area contributed by atoms with Gasteiger partial charge in [0.25, 0.3) is 0 Å². The lowest BCUT2D eigenvalue weighted by molar-refractivity contribution is -0.144. The van der Waals surface area contributed by atoms with Gasteiger partial charge in [-0.1, -0.05) is 13.3 Å². The highest BCUT2D eigenvalue weighted by atomic mass is 79.9. The van der Waals surface area contributed by atoms with Gasteiger partial charge in [-0.05, 0) is 34.5 Å². The number of hydrogen-bond donors (Lipinski definition) is 0. The van der Waals surface area contributed by atoms with Gasteiger partial charge in [-0.3, -0.25) is 24.3 Å². The minimum atomic E-state index is -0.697. The fraction of sp³-hybridized carbons (Fsp3) is 0.588. The minimum absolute atomic E-state index is 0.199. The zero-order valence-electron chi connectivity index (χ0n) is 14.8. The second-order valence-corrected chi connectivity index (χ2v) is 9.12. The molecule has 0 aromatic carbocycles. The molecular formula is C17H23BrN4O3S. The fourth-order valence-corrected chi connectivity index (χ4v) is 4.66. The number of carbonyl (C=O) groups excluding carboxylic acids is 3. The van der Waals surface area contributed by atoms with Crippen LogP contribution in [0.25, 0.3) is 0 Å². The topological polar surface area (TPSA) is 64.2 Å². The number of amides is 4. The van der Waals surface area contributed by atoms with Gasteiger partial charge in [0.2, 0.25) is 0 Å². The molecule has 7 nitrogen and oxygen atoms in total. The molecule has 0 atom stereocenters. The summed E-state index contributed by atoms with van der Waals surface area (Å²) in [6, 6.07) is 3.71. The SMILES string of the molecule is CCCCN1C(=O)C(=O)N(CN2CCN(Cc3ccc(Br)s3)CC2)C1=O. The summed E-state index contributed by atoms with van der Waals surface area (Å²) in [6.07, 6.45) is 1.59. The van der Waals surface area contributed by atoms with Gasteiger partial charge < -0.3 is 0 Å². The minimum Gasteiger partial charge on any atom is -0.296 e. The molecule has 0 spiro atoms. The van der Waals surface area contributed by atoms with Crippen LogP contribution in [-0.4, -0.2) is 76.8 Å². The molecule has 1 aromatic heterocycles. The van der Waals surface area contributed by atoms with Gasteiger partial charge in [0, 0.05) is 44.1 Å².